The molecule has 0 aliphatic carbocycles. The highest BCUT2D eigenvalue weighted by Crippen LogP contribution is 2.12. The van der Waals surface area contributed by atoms with E-state index in [1.54, 1.807) is 0 Å². The SMILES string of the molecule is CCCCCCNc1ccc(CCCCC)cc1. The predicted octanol–water partition coefficient (Wildman–Crippen LogP) is 5.41. The van der Waals surface area contributed by atoms with Crippen LogP contribution in [0.25, 0.3) is 0 Å². The molecule has 0 heterocycles. The van der Waals surface area contributed by atoms with Crippen molar-refractivity contribution in [1.82, 2.24) is 0 Å². The number of rotatable bonds is 10. The molecular formula is C17H29N. The van der Waals surface area contributed by atoms with Crippen LogP contribution in [0.15, 0.2) is 24.3 Å². The summed E-state index contributed by atoms with van der Waals surface area (Å²) in [5, 5.41) is 3.50. The molecule has 18 heavy (non-hydrogen) atoms. The molecule has 1 aromatic rings. The molecule has 1 rings (SSSR count). The molecule has 1 heteroatoms. The van der Waals surface area contributed by atoms with Crippen molar-refractivity contribution in [1.29, 1.82) is 0 Å². The predicted molar refractivity (Wildman–Crippen MR) is 82.3 cm³/mol. The van der Waals surface area contributed by atoms with Crippen molar-refractivity contribution in [3.05, 3.63) is 29.8 Å². The molecule has 0 spiro atoms. The molecule has 0 aliphatic heterocycles. The van der Waals surface area contributed by atoms with Crippen LogP contribution < -0.4 is 5.32 Å². The first-order valence-corrected chi connectivity index (χ1v) is 7.69. The lowest BCUT2D eigenvalue weighted by Crippen LogP contribution is -2.01. The number of benzene rings is 1. The van der Waals surface area contributed by atoms with Gasteiger partial charge in [-0.05, 0) is 37.0 Å². The van der Waals surface area contributed by atoms with Gasteiger partial charge in [0.25, 0.3) is 0 Å². The van der Waals surface area contributed by atoms with Gasteiger partial charge in [-0.15, -0.1) is 0 Å². The van der Waals surface area contributed by atoms with E-state index in [9.17, 15) is 0 Å². The molecule has 0 atom stereocenters. The van der Waals surface area contributed by atoms with Crippen molar-refractivity contribution in [2.75, 3.05) is 11.9 Å². The van der Waals surface area contributed by atoms with Crippen molar-refractivity contribution < 1.29 is 0 Å². The molecule has 1 aromatic carbocycles. The van der Waals surface area contributed by atoms with Crippen molar-refractivity contribution in [2.24, 2.45) is 0 Å². The second-order valence-corrected chi connectivity index (χ2v) is 5.14. The normalized spacial score (nSPS) is 10.6. The summed E-state index contributed by atoms with van der Waals surface area (Å²) in [6.45, 7) is 5.62. The third-order valence-electron chi connectivity index (χ3n) is 3.38. The van der Waals surface area contributed by atoms with E-state index in [0.29, 0.717) is 0 Å². The Morgan fingerprint density at radius 1 is 0.778 bits per heavy atom. The zero-order chi connectivity index (χ0) is 13.1. The molecule has 0 radical (unpaired) electrons. The summed E-state index contributed by atoms with van der Waals surface area (Å²) in [4.78, 5) is 0. The number of unbranched alkanes of at least 4 members (excludes halogenated alkanes) is 5. The topological polar surface area (TPSA) is 12.0 Å². The number of nitrogens with one attached hydrogen (secondary N) is 1. The zero-order valence-electron chi connectivity index (χ0n) is 12.2. The molecule has 1 nitrogen and oxygen atoms in total. The van der Waals surface area contributed by atoms with Gasteiger partial charge in [-0.2, -0.15) is 0 Å². The molecule has 0 unspecified atom stereocenters. The first-order valence-electron chi connectivity index (χ1n) is 7.69. The summed E-state index contributed by atoms with van der Waals surface area (Å²) < 4.78 is 0. The molecule has 0 saturated carbocycles. The average Bonchev–Trinajstić information content (AvgIpc) is 2.40. The fourth-order valence-corrected chi connectivity index (χ4v) is 2.15. The summed E-state index contributed by atoms with van der Waals surface area (Å²) in [6, 6.07) is 8.98. The van der Waals surface area contributed by atoms with E-state index in [-0.39, 0.29) is 0 Å². The molecule has 0 fully saturated rings. The van der Waals surface area contributed by atoms with Gasteiger partial charge in [0.2, 0.25) is 0 Å². The van der Waals surface area contributed by atoms with Gasteiger partial charge in [0.05, 0.1) is 0 Å². The fourth-order valence-electron chi connectivity index (χ4n) is 2.15. The van der Waals surface area contributed by atoms with E-state index < -0.39 is 0 Å². The largest absolute Gasteiger partial charge is 0.385 e. The molecule has 0 aliphatic rings. The van der Waals surface area contributed by atoms with Crippen LogP contribution in [0.2, 0.25) is 0 Å². The van der Waals surface area contributed by atoms with Crippen molar-refractivity contribution in [2.45, 2.75) is 65.2 Å². The Labute approximate surface area is 113 Å². The van der Waals surface area contributed by atoms with E-state index in [4.69, 9.17) is 0 Å². The van der Waals surface area contributed by atoms with Crippen LogP contribution in [0.4, 0.5) is 5.69 Å². The Bertz CT molecular complexity index is 289. The van der Waals surface area contributed by atoms with Crippen LogP contribution in [-0.4, -0.2) is 6.54 Å². The van der Waals surface area contributed by atoms with Gasteiger partial charge in [-0.1, -0.05) is 58.1 Å². The van der Waals surface area contributed by atoms with E-state index >= 15 is 0 Å². The lowest BCUT2D eigenvalue weighted by Gasteiger charge is -2.07. The Morgan fingerprint density at radius 2 is 1.44 bits per heavy atom. The summed E-state index contributed by atoms with van der Waals surface area (Å²) in [6.07, 6.45) is 10.5. The van der Waals surface area contributed by atoms with Crippen LogP contribution in [0.5, 0.6) is 0 Å². The lowest BCUT2D eigenvalue weighted by atomic mass is 10.1. The third kappa shape index (κ3) is 6.68. The Morgan fingerprint density at radius 3 is 2.11 bits per heavy atom. The van der Waals surface area contributed by atoms with E-state index in [2.05, 4.69) is 43.4 Å². The smallest absolute Gasteiger partial charge is 0.0340 e. The fraction of sp³-hybridized carbons (Fsp3) is 0.647. The summed E-state index contributed by atoms with van der Waals surface area (Å²) in [7, 11) is 0. The molecule has 0 aromatic heterocycles. The minimum absolute atomic E-state index is 1.11. The zero-order valence-corrected chi connectivity index (χ0v) is 12.2. The van der Waals surface area contributed by atoms with E-state index in [1.165, 1.54) is 62.6 Å². The number of hydrogen-bond acceptors (Lipinski definition) is 1. The molecule has 0 amide bonds. The van der Waals surface area contributed by atoms with Crippen LogP contribution in [-0.2, 0) is 6.42 Å². The minimum atomic E-state index is 1.11. The third-order valence-corrected chi connectivity index (χ3v) is 3.38. The highest BCUT2D eigenvalue weighted by molar-refractivity contribution is 5.44. The number of anilines is 1. The molecular weight excluding hydrogens is 218 g/mol. The van der Waals surface area contributed by atoms with Gasteiger partial charge in [0, 0.05) is 12.2 Å². The second-order valence-electron chi connectivity index (χ2n) is 5.14. The minimum Gasteiger partial charge on any atom is -0.385 e. The maximum Gasteiger partial charge on any atom is 0.0340 e. The molecule has 1 N–H and O–H groups in total. The van der Waals surface area contributed by atoms with Gasteiger partial charge in [-0.25, -0.2) is 0 Å². The van der Waals surface area contributed by atoms with Crippen LogP contribution in [0.3, 0.4) is 0 Å². The van der Waals surface area contributed by atoms with Crippen LogP contribution in [0, 0.1) is 0 Å². The van der Waals surface area contributed by atoms with E-state index in [0.717, 1.165) is 6.54 Å². The highest BCUT2D eigenvalue weighted by atomic mass is 14.9. The Hall–Kier alpha value is -0.980. The second kappa shape index (κ2) is 9.99. The number of aryl methyl sites for hydroxylation is 1. The van der Waals surface area contributed by atoms with Gasteiger partial charge in [-0.3, -0.25) is 0 Å². The number of hydrogen-bond donors (Lipinski definition) is 1. The maximum atomic E-state index is 3.50. The van der Waals surface area contributed by atoms with Crippen molar-refractivity contribution >= 4 is 5.69 Å². The summed E-state index contributed by atoms with van der Waals surface area (Å²) in [5.41, 5.74) is 2.74. The first-order chi connectivity index (χ1) is 8.86. The van der Waals surface area contributed by atoms with Crippen LogP contribution in [0.1, 0.15) is 64.4 Å². The van der Waals surface area contributed by atoms with Gasteiger partial charge in [0.1, 0.15) is 0 Å². The monoisotopic (exact) mass is 247 g/mol. The summed E-state index contributed by atoms with van der Waals surface area (Å²) in [5.74, 6) is 0. The van der Waals surface area contributed by atoms with Crippen LogP contribution >= 0.6 is 0 Å². The van der Waals surface area contributed by atoms with Gasteiger partial charge in [0.15, 0.2) is 0 Å². The van der Waals surface area contributed by atoms with Crippen molar-refractivity contribution in [3.63, 3.8) is 0 Å². The molecule has 102 valence electrons. The molecule has 0 saturated heterocycles. The first kappa shape index (κ1) is 15.1. The summed E-state index contributed by atoms with van der Waals surface area (Å²) >= 11 is 0. The quantitative estimate of drug-likeness (QED) is 0.545. The van der Waals surface area contributed by atoms with Gasteiger partial charge < -0.3 is 5.32 Å². The standard InChI is InChI=1S/C17H29N/c1-3-5-7-9-15-18-17-13-11-16(12-14-17)10-8-6-4-2/h11-14,18H,3-10,15H2,1-2H3. The van der Waals surface area contributed by atoms with Gasteiger partial charge >= 0.3 is 0 Å². The van der Waals surface area contributed by atoms with Crippen molar-refractivity contribution in [3.8, 4) is 0 Å². The lowest BCUT2D eigenvalue weighted by molar-refractivity contribution is 0.685. The highest BCUT2D eigenvalue weighted by Gasteiger charge is 1.95. The molecule has 0 bridgehead atoms. The Kier molecular flexibility index (Phi) is 8.37. The average molecular weight is 247 g/mol. The van der Waals surface area contributed by atoms with E-state index in [1.807, 2.05) is 0 Å². The maximum absolute atomic E-state index is 3.50. The Balaban J connectivity index is 2.19.